The summed E-state index contributed by atoms with van der Waals surface area (Å²) < 4.78 is 0. The van der Waals surface area contributed by atoms with Crippen molar-refractivity contribution >= 4 is 22.8 Å². The number of nitrogens with zero attached hydrogens (tertiary/aromatic N) is 3. The van der Waals surface area contributed by atoms with Crippen molar-refractivity contribution < 1.29 is 0 Å². The molecule has 4 N–H and O–H groups in total. The summed E-state index contributed by atoms with van der Waals surface area (Å²) in [4.78, 5) is 8.38. The standard InChI is InChI=1S/C13H20N6/c1-8-3-2-4-9(5-8)6-15-11-10-7-16-19-12(10)18-13(14)17-11/h7-9H,2-6H2,1H3,(H4,14,15,16,17,18,19). The average molecular weight is 260 g/mol. The Labute approximate surface area is 112 Å². The summed E-state index contributed by atoms with van der Waals surface area (Å²) in [6.07, 6.45) is 7.03. The highest BCUT2D eigenvalue weighted by Gasteiger charge is 2.19. The Morgan fingerprint density at radius 3 is 3.16 bits per heavy atom. The second-order valence-electron chi connectivity index (χ2n) is 5.58. The van der Waals surface area contributed by atoms with Crippen LogP contribution in [0.2, 0.25) is 0 Å². The molecule has 0 spiro atoms. The monoisotopic (exact) mass is 260 g/mol. The maximum absolute atomic E-state index is 5.70. The number of aromatic nitrogens is 4. The molecule has 0 aliphatic heterocycles. The third kappa shape index (κ3) is 2.62. The molecule has 19 heavy (non-hydrogen) atoms. The quantitative estimate of drug-likeness (QED) is 0.786. The van der Waals surface area contributed by atoms with E-state index < -0.39 is 0 Å². The molecule has 2 aromatic rings. The van der Waals surface area contributed by atoms with Crippen LogP contribution in [-0.4, -0.2) is 26.7 Å². The van der Waals surface area contributed by atoms with Crippen LogP contribution in [-0.2, 0) is 0 Å². The topological polar surface area (TPSA) is 92.5 Å². The van der Waals surface area contributed by atoms with Crippen molar-refractivity contribution in [1.82, 2.24) is 20.2 Å². The van der Waals surface area contributed by atoms with Gasteiger partial charge in [0.25, 0.3) is 0 Å². The lowest BCUT2D eigenvalue weighted by molar-refractivity contribution is 0.293. The van der Waals surface area contributed by atoms with Gasteiger partial charge in [0.2, 0.25) is 5.95 Å². The van der Waals surface area contributed by atoms with Gasteiger partial charge in [-0.25, -0.2) is 0 Å². The normalized spacial score (nSPS) is 23.6. The summed E-state index contributed by atoms with van der Waals surface area (Å²) in [5, 5.41) is 11.1. The van der Waals surface area contributed by atoms with E-state index in [-0.39, 0.29) is 5.95 Å². The molecular weight excluding hydrogens is 240 g/mol. The molecule has 0 radical (unpaired) electrons. The number of anilines is 2. The predicted octanol–water partition coefficient (Wildman–Crippen LogP) is 2.17. The van der Waals surface area contributed by atoms with Crippen molar-refractivity contribution in [3.05, 3.63) is 6.20 Å². The van der Waals surface area contributed by atoms with E-state index >= 15 is 0 Å². The van der Waals surface area contributed by atoms with Crippen LogP contribution < -0.4 is 11.1 Å². The molecular formula is C13H20N6. The molecule has 3 rings (SSSR count). The molecule has 1 fully saturated rings. The minimum absolute atomic E-state index is 0.274. The van der Waals surface area contributed by atoms with Crippen LogP contribution in [0.25, 0.3) is 11.0 Å². The Morgan fingerprint density at radius 1 is 1.42 bits per heavy atom. The maximum atomic E-state index is 5.70. The zero-order valence-electron chi connectivity index (χ0n) is 11.2. The van der Waals surface area contributed by atoms with Gasteiger partial charge >= 0.3 is 0 Å². The lowest BCUT2D eigenvalue weighted by atomic mass is 9.82. The molecule has 2 aromatic heterocycles. The summed E-state index contributed by atoms with van der Waals surface area (Å²) >= 11 is 0. The Kier molecular flexibility index (Phi) is 3.23. The van der Waals surface area contributed by atoms with Crippen molar-refractivity contribution in [2.75, 3.05) is 17.6 Å². The molecule has 0 bridgehead atoms. The summed E-state index contributed by atoms with van der Waals surface area (Å²) in [7, 11) is 0. The van der Waals surface area contributed by atoms with Crippen molar-refractivity contribution in [3.8, 4) is 0 Å². The highest BCUT2D eigenvalue weighted by atomic mass is 15.2. The van der Waals surface area contributed by atoms with E-state index in [1.165, 1.54) is 25.7 Å². The van der Waals surface area contributed by atoms with E-state index in [0.717, 1.165) is 29.6 Å². The van der Waals surface area contributed by atoms with Crippen LogP contribution in [0.3, 0.4) is 0 Å². The number of nitrogens with one attached hydrogen (secondary N) is 2. The molecule has 2 atom stereocenters. The molecule has 102 valence electrons. The average Bonchev–Trinajstić information content (AvgIpc) is 2.84. The van der Waals surface area contributed by atoms with Crippen LogP contribution in [0.4, 0.5) is 11.8 Å². The molecule has 1 saturated carbocycles. The smallest absolute Gasteiger partial charge is 0.224 e. The van der Waals surface area contributed by atoms with Gasteiger partial charge in [-0.3, -0.25) is 5.10 Å². The number of fused-ring (bicyclic) bond motifs is 1. The van der Waals surface area contributed by atoms with E-state index in [0.29, 0.717) is 5.65 Å². The lowest BCUT2D eigenvalue weighted by Crippen LogP contribution is -2.21. The molecule has 6 heteroatoms. The minimum Gasteiger partial charge on any atom is -0.369 e. The molecule has 6 nitrogen and oxygen atoms in total. The molecule has 1 aliphatic carbocycles. The summed E-state index contributed by atoms with van der Waals surface area (Å²) in [5.41, 5.74) is 6.39. The van der Waals surface area contributed by atoms with E-state index in [9.17, 15) is 0 Å². The van der Waals surface area contributed by atoms with Crippen molar-refractivity contribution in [2.45, 2.75) is 32.6 Å². The summed E-state index contributed by atoms with van der Waals surface area (Å²) in [6.45, 7) is 3.28. The first-order chi connectivity index (χ1) is 9.22. The highest BCUT2D eigenvalue weighted by Crippen LogP contribution is 2.29. The minimum atomic E-state index is 0.274. The van der Waals surface area contributed by atoms with Crippen molar-refractivity contribution in [2.24, 2.45) is 11.8 Å². The number of H-pyrrole nitrogens is 1. The van der Waals surface area contributed by atoms with Gasteiger partial charge in [0.1, 0.15) is 5.82 Å². The Morgan fingerprint density at radius 2 is 2.32 bits per heavy atom. The van der Waals surface area contributed by atoms with Crippen LogP contribution in [0.1, 0.15) is 32.6 Å². The first-order valence-corrected chi connectivity index (χ1v) is 6.93. The molecule has 2 unspecified atom stereocenters. The Balaban J connectivity index is 1.72. The largest absolute Gasteiger partial charge is 0.369 e. The van der Waals surface area contributed by atoms with E-state index in [2.05, 4.69) is 32.4 Å². The number of hydrogen-bond acceptors (Lipinski definition) is 5. The number of aromatic amines is 1. The fourth-order valence-corrected chi connectivity index (χ4v) is 2.97. The van der Waals surface area contributed by atoms with E-state index in [1.54, 1.807) is 6.20 Å². The van der Waals surface area contributed by atoms with Crippen LogP contribution >= 0.6 is 0 Å². The van der Waals surface area contributed by atoms with Crippen molar-refractivity contribution in [3.63, 3.8) is 0 Å². The SMILES string of the molecule is CC1CCCC(CNc2nc(N)nc3[nH]ncc23)C1. The van der Waals surface area contributed by atoms with E-state index in [4.69, 9.17) is 5.73 Å². The third-order valence-corrected chi connectivity index (χ3v) is 3.93. The molecule has 0 saturated heterocycles. The van der Waals surface area contributed by atoms with Gasteiger partial charge in [-0.15, -0.1) is 0 Å². The Bertz CT molecular complexity index is 563. The highest BCUT2D eigenvalue weighted by molar-refractivity contribution is 5.86. The molecule has 0 amide bonds. The number of rotatable bonds is 3. The maximum Gasteiger partial charge on any atom is 0.224 e. The number of nitrogen functional groups attached to an aromatic ring is 1. The number of nitrogens with two attached hydrogens (primary N) is 1. The van der Waals surface area contributed by atoms with Crippen LogP contribution in [0.5, 0.6) is 0 Å². The van der Waals surface area contributed by atoms with Gasteiger partial charge in [-0.05, 0) is 24.7 Å². The Hall–Kier alpha value is -1.85. The van der Waals surface area contributed by atoms with Gasteiger partial charge in [0.05, 0.1) is 11.6 Å². The first kappa shape index (κ1) is 12.2. The second kappa shape index (κ2) is 5.03. The lowest BCUT2D eigenvalue weighted by Gasteiger charge is -2.27. The van der Waals surface area contributed by atoms with Crippen LogP contribution in [0.15, 0.2) is 6.20 Å². The van der Waals surface area contributed by atoms with Gasteiger partial charge in [-0.2, -0.15) is 15.1 Å². The van der Waals surface area contributed by atoms with Crippen molar-refractivity contribution in [1.29, 1.82) is 0 Å². The van der Waals surface area contributed by atoms with Crippen LogP contribution in [0, 0.1) is 11.8 Å². The second-order valence-corrected chi connectivity index (χ2v) is 5.58. The predicted molar refractivity (Wildman–Crippen MR) is 75.7 cm³/mol. The molecule has 2 heterocycles. The zero-order chi connectivity index (χ0) is 13.2. The number of hydrogen-bond donors (Lipinski definition) is 3. The first-order valence-electron chi connectivity index (χ1n) is 6.93. The van der Waals surface area contributed by atoms with Gasteiger partial charge in [-0.1, -0.05) is 19.8 Å². The fraction of sp³-hybridized carbons (Fsp3) is 0.615. The van der Waals surface area contributed by atoms with Gasteiger partial charge in [0.15, 0.2) is 5.65 Å². The fourth-order valence-electron chi connectivity index (χ4n) is 2.97. The summed E-state index contributed by atoms with van der Waals surface area (Å²) in [5.74, 6) is 2.62. The zero-order valence-corrected chi connectivity index (χ0v) is 11.2. The van der Waals surface area contributed by atoms with Gasteiger partial charge < -0.3 is 11.1 Å². The third-order valence-electron chi connectivity index (χ3n) is 3.93. The van der Waals surface area contributed by atoms with E-state index in [1.807, 2.05) is 0 Å². The summed E-state index contributed by atoms with van der Waals surface area (Å²) in [6, 6.07) is 0. The van der Waals surface area contributed by atoms with Gasteiger partial charge in [0, 0.05) is 6.54 Å². The molecule has 0 aromatic carbocycles. The molecule has 1 aliphatic rings.